The summed E-state index contributed by atoms with van der Waals surface area (Å²) >= 11 is 0. The van der Waals surface area contributed by atoms with E-state index in [1.165, 1.54) is 111 Å². The molecular weight excluding hydrogens is 579 g/mol. The van der Waals surface area contributed by atoms with Crippen molar-refractivity contribution in [3.05, 3.63) is 148 Å². The maximum Gasteiger partial charge on any atom is 0.248 e. The highest BCUT2D eigenvalue weighted by atomic mass is 15.3. The molecule has 0 unspecified atom stereocenters. The highest BCUT2D eigenvalue weighted by Crippen LogP contribution is 2.57. The zero-order valence-corrected chi connectivity index (χ0v) is 28.9. The van der Waals surface area contributed by atoms with Gasteiger partial charge in [0.05, 0.1) is 22.7 Å². The fourth-order valence-corrected chi connectivity index (χ4v) is 9.04. The lowest BCUT2D eigenvalue weighted by molar-refractivity contribution is 1.16. The average molecular weight is 619 g/mol. The van der Waals surface area contributed by atoms with Crippen LogP contribution in [0.3, 0.4) is 0 Å². The molecule has 0 fully saturated rings. The van der Waals surface area contributed by atoms with Gasteiger partial charge in [-0.2, -0.15) is 0 Å². The van der Waals surface area contributed by atoms with Crippen molar-refractivity contribution in [3.63, 3.8) is 0 Å². The summed E-state index contributed by atoms with van der Waals surface area (Å²) in [6.07, 6.45) is 0. The van der Waals surface area contributed by atoms with Gasteiger partial charge >= 0.3 is 0 Å². The van der Waals surface area contributed by atoms with Crippen LogP contribution in [0.4, 0.5) is 34.1 Å². The average Bonchev–Trinajstić information content (AvgIpc) is 3.04. The summed E-state index contributed by atoms with van der Waals surface area (Å²) in [5.74, 6) is 0. The molecule has 48 heavy (non-hydrogen) atoms. The Morgan fingerprint density at radius 1 is 0.396 bits per heavy atom. The molecule has 0 aliphatic carbocycles. The van der Waals surface area contributed by atoms with Gasteiger partial charge in [0.25, 0.3) is 0 Å². The third-order valence-electron chi connectivity index (χ3n) is 10.7. The molecule has 7 aromatic carbocycles. The molecule has 7 aromatic rings. The highest BCUT2D eigenvalue weighted by Gasteiger charge is 2.44. The molecule has 0 spiro atoms. The van der Waals surface area contributed by atoms with Crippen molar-refractivity contribution in [2.24, 2.45) is 0 Å². The van der Waals surface area contributed by atoms with Gasteiger partial charge in [-0.1, -0.05) is 118 Å². The van der Waals surface area contributed by atoms with Crippen molar-refractivity contribution < 1.29 is 0 Å². The molecule has 0 saturated carbocycles. The zero-order valence-electron chi connectivity index (χ0n) is 28.9. The molecule has 2 aliphatic heterocycles. The summed E-state index contributed by atoms with van der Waals surface area (Å²) in [4.78, 5) is 5.18. The number of hydrogen-bond donors (Lipinski definition) is 0. The number of fused-ring (bicyclic) bond motifs is 7. The van der Waals surface area contributed by atoms with Gasteiger partial charge < -0.3 is 9.80 Å². The van der Waals surface area contributed by atoms with Crippen molar-refractivity contribution in [2.75, 3.05) is 9.80 Å². The fraction of sp³-hybridized carbons (Fsp3) is 0.156. The lowest BCUT2D eigenvalue weighted by atomic mass is 9.33. The van der Waals surface area contributed by atoms with Crippen LogP contribution in [0.1, 0.15) is 38.9 Å². The Hall–Kier alpha value is -5.28. The number of rotatable bonds is 2. The Labute approximate surface area is 284 Å². The molecule has 0 bridgehead atoms. The molecular formula is C45H39BN2. The van der Waals surface area contributed by atoms with E-state index >= 15 is 0 Å². The van der Waals surface area contributed by atoms with E-state index in [4.69, 9.17) is 0 Å². The van der Waals surface area contributed by atoms with Crippen molar-refractivity contribution in [1.82, 2.24) is 0 Å². The fourth-order valence-electron chi connectivity index (χ4n) is 9.04. The minimum Gasteiger partial charge on any atom is -0.307 e. The van der Waals surface area contributed by atoms with Crippen LogP contribution in [-0.2, 0) is 0 Å². The lowest BCUT2D eigenvalue weighted by Crippen LogP contribution is -2.60. The van der Waals surface area contributed by atoms with Gasteiger partial charge in [0.2, 0.25) is 6.71 Å². The van der Waals surface area contributed by atoms with Crippen LogP contribution in [0.2, 0.25) is 0 Å². The van der Waals surface area contributed by atoms with Crippen LogP contribution in [0.15, 0.2) is 109 Å². The Morgan fingerprint density at radius 3 is 1.65 bits per heavy atom. The molecule has 0 atom stereocenters. The minimum atomic E-state index is 0.0817. The predicted octanol–water partition coefficient (Wildman–Crippen LogP) is 10.2. The molecule has 0 aromatic heterocycles. The Morgan fingerprint density at radius 2 is 0.958 bits per heavy atom. The van der Waals surface area contributed by atoms with E-state index in [-0.39, 0.29) is 6.71 Å². The summed E-state index contributed by atoms with van der Waals surface area (Å²) in [6.45, 7) is 15.9. The standard InChI is InChI=1S/C45H39BN2/c1-26-16-17-38(29(4)18-26)47-39-23-33-12-8-9-13-34(33)24-40(39)48-44-32(7)21-28(3)22-37(44)46(42-30(5)19-27(2)20-31(42)6)43-36-15-11-10-14-35(36)25-41(47)45(43)48/h8-25H,1-7H3. The Bertz CT molecular complexity index is 2480. The number of anilines is 6. The lowest BCUT2D eigenvalue weighted by Gasteiger charge is -2.47. The zero-order chi connectivity index (χ0) is 33.0. The molecule has 0 amide bonds. The Kier molecular flexibility index (Phi) is 6.24. The van der Waals surface area contributed by atoms with Crippen molar-refractivity contribution >= 4 is 78.8 Å². The van der Waals surface area contributed by atoms with Gasteiger partial charge in [0.15, 0.2) is 0 Å². The van der Waals surface area contributed by atoms with Crippen LogP contribution in [-0.4, -0.2) is 6.71 Å². The molecule has 2 aliphatic rings. The van der Waals surface area contributed by atoms with Gasteiger partial charge in [-0.15, -0.1) is 0 Å². The van der Waals surface area contributed by atoms with Crippen molar-refractivity contribution in [1.29, 1.82) is 0 Å². The minimum absolute atomic E-state index is 0.0817. The van der Waals surface area contributed by atoms with Crippen molar-refractivity contribution in [2.45, 2.75) is 48.5 Å². The summed E-state index contributed by atoms with van der Waals surface area (Å²) in [5.41, 5.74) is 20.9. The monoisotopic (exact) mass is 618 g/mol. The van der Waals surface area contributed by atoms with E-state index in [1.54, 1.807) is 0 Å². The van der Waals surface area contributed by atoms with Crippen molar-refractivity contribution in [3.8, 4) is 0 Å². The number of nitrogens with zero attached hydrogens (tertiary/aromatic N) is 2. The molecule has 3 heteroatoms. The largest absolute Gasteiger partial charge is 0.307 e. The molecule has 0 radical (unpaired) electrons. The van der Waals surface area contributed by atoms with Crippen LogP contribution >= 0.6 is 0 Å². The van der Waals surface area contributed by atoms with Gasteiger partial charge in [-0.3, -0.25) is 0 Å². The topological polar surface area (TPSA) is 6.48 Å². The third-order valence-corrected chi connectivity index (χ3v) is 10.7. The molecule has 0 N–H and O–H groups in total. The van der Waals surface area contributed by atoms with Gasteiger partial charge in [-0.05, 0) is 116 Å². The number of aryl methyl sites for hydroxylation is 7. The molecule has 2 nitrogen and oxygen atoms in total. The summed E-state index contributed by atoms with van der Waals surface area (Å²) in [6, 6.07) is 41.6. The van der Waals surface area contributed by atoms with E-state index < -0.39 is 0 Å². The van der Waals surface area contributed by atoms with E-state index in [9.17, 15) is 0 Å². The molecule has 9 rings (SSSR count). The first-order valence-electron chi connectivity index (χ1n) is 17.1. The van der Waals surface area contributed by atoms with Gasteiger partial charge in [0.1, 0.15) is 0 Å². The second kappa shape index (κ2) is 10.4. The van der Waals surface area contributed by atoms with Crippen LogP contribution in [0.5, 0.6) is 0 Å². The van der Waals surface area contributed by atoms with Crippen LogP contribution < -0.4 is 26.2 Å². The molecule has 2 heterocycles. The maximum atomic E-state index is 2.62. The first-order valence-corrected chi connectivity index (χ1v) is 17.1. The van der Waals surface area contributed by atoms with Crippen LogP contribution in [0, 0.1) is 48.5 Å². The maximum absolute atomic E-state index is 2.62. The van der Waals surface area contributed by atoms with E-state index in [0.29, 0.717) is 0 Å². The summed E-state index contributed by atoms with van der Waals surface area (Å²) in [5, 5.41) is 5.09. The van der Waals surface area contributed by atoms with E-state index in [2.05, 4.69) is 167 Å². The second-order valence-corrected chi connectivity index (χ2v) is 14.3. The van der Waals surface area contributed by atoms with E-state index in [0.717, 1.165) is 0 Å². The molecule has 0 saturated heterocycles. The normalized spacial score (nSPS) is 13.2. The highest BCUT2D eigenvalue weighted by molar-refractivity contribution is 7.00. The SMILES string of the molecule is Cc1ccc(N2c3cc4ccccc4cc3N3c4c(C)cc(C)cc4B(c4c(C)cc(C)cc4C)c4c3c2cc2ccccc42)c(C)c1. The van der Waals surface area contributed by atoms with E-state index in [1.807, 2.05) is 0 Å². The first-order chi connectivity index (χ1) is 23.2. The van der Waals surface area contributed by atoms with Crippen LogP contribution in [0.25, 0.3) is 21.5 Å². The first kappa shape index (κ1) is 28.9. The second-order valence-electron chi connectivity index (χ2n) is 14.3. The number of benzene rings is 7. The third kappa shape index (κ3) is 4.07. The Balaban J connectivity index is 1.51. The van der Waals surface area contributed by atoms with Gasteiger partial charge in [-0.25, -0.2) is 0 Å². The number of hydrogen-bond acceptors (Lipinski definition) is 2. The van der Waals surface area contributed by atoms with Gasteiger partial charge in [0, 0.05) is 11.4 Å². The quantitative estimate of drug-likeness (QED) is 0.178. The summed E-state index contributed by atoms with van der Waals surface area (Å²) < 4.78 is 0. The molecule has 232 valence electrons. The smallest absolute Gasteiger partial charge is 0.248 e. The summed E-state index contributed by atoms with van der Waals surface area (Å²) in [7, 11) is 0. The predicted molar refractivity (Wildman–Crippen MR) is 209 cm³/mol.